The summed E-state index contributed by atoms with van der Waals surface area (Å²) in [4.78, 5) is 25.8. The van der Waals surface area contributed by atoms with Crippen LogP contribution in [0.5, 0.6) is 0 Å². The second kappa shape index (κ2) is 7.13. The Morgan fingerprint density at radius 3 is 2.39 bits per heavy atom. The molecule has 0 radical (unpaired) electrons. The highest BCUT2D eigenvalue weighted by Crippen LogP contribution is 2.28. The van der Waals surface area contributed by atoms with Gasteiger partial charge in [0.1, 0.15) is 0 Å². The fourth-order valence-corrected chi connectivity index (χ4v) is 2.68. The van der Waals surface area contributed by atoms with Crippen molar-refractivity contribution in [1.29, 1.82) is 0 Å². The van der Waals surface area contributed by atoms with Gasteiger partial charge >= 0.3 is 0 Å². The second-order valence-corrected chi connectivity index (χ2v) is 6.70. The maximum Gasteiger partial charge on any atom is 0.244 e. The van der Waals surface area contributed by atoms with Crippen molar-refractivity contribution in [2.24, 2.45) is 5.73 Å². The van der Waals surface area contributed by atoms with Crippen LogP contribution in [0.4, 0.5) is 5.69 Å². The van der Waals surface area contributed by atoms with E-state index in [2.05, 4.69) is 5.32 Å². The minimum Gasteiger partial charge on any atom is -0.336 e. The first-order valence-corrected chi connectivity index (χ1v) is 8.30. The molecule has 1 saturated carbocycles. The van der Waals surface area contributed by atoms with Gasteiger partial charge in [0.25, 0.3) is 0 Å². The standard InChI is InChI=1S/C18H27N3O2/c1-4-11-18(3,19)17(23)20-15-7-5-14(6-8-15)12-21(13(2)22)16-9-10-16/h5-8,16H,4,9-12,19H2,1-3H3,(H,20,23). The average molecular weight is 317 g/mol. The molecule has 0 aliphatic heterocycles. The molecule has 2 amide bonds. The van der Waals surface area contributed by atoms with E-state index in [0.717, 1.165) is 30.5 Å². The molecule has 1 aromatic rings. The van der Waals surface area contributed by atoms with Crippen LogP contribution in [0.1, 0.15) is 52.0 Å². The van der Waals surface area contributed by atoms with Crippen molar-refractivity contribution in [3.05, 3.63) is 29.8 Å². The van der Waals surface area contributed by atoms with Crippen molar-refractivity contribution < 1.29 is 9.59 Å². The van der Waals surface area contributed by atoms with Crippen molar-refractivity contribution in [2.45, 2.75) is 64.6 Å². The average Bonchev–Trinajstić information content (AvgIpc) is 3.30. The Hall–Kier alpha value is -1.88. The predicted octanol–water partition coefficient (Wildman–Crippen LogP) is 2.65. The van der Waals surface area contributed by atoms with Crippen LogP contribution in [0.2, 0.25) is 0 Å². The lowest BCUT2D eigenvalue weighted by Gasteiger charge is -2.23. The van der Waals surface area contributed by atoms with Gasteiger partial charge in [0.05, 0.1) is 5.54 Å². The molecule has 5 heteroatoms. The number of rotatable bonds is 7. The first-order valence-electron chi connectivity index (χ1n) is 8.30. The molecule has 0 aromatic heterocycles. The van der Waals surface area contributed by atoms with Crippen LogP contribution in [0.25, 0.3) is 0 Å². The Balaban J connectivity index is 1.96. The van der Waals surface area contributed by atoms with Crippen molar-refractivity contribution >= 4 is 17.5 Å². The Bertz CT molecular complexity index is 562. The summed E-state index contributed by atoms with van der Waals surface area (Å²) in [6, 6.07) is 8.02. The van der Waals surface area contributed by atoms with E-state index in [0.29, 0.717) is 19.0 Å². The quantitative estimate of drug-likeness (QED) is 0.812. The van der Waals surface area contributed by atoms with E-state index in [1.807, 2.05) is 36.1 Å². The third-order valence-corrected chi connectivity index (χ3v) is 4.24. The maximum absolute atomic E-state index is 12.2. The number of hydrogen-bond donors (Lipinski definition) is 2. The van der Waals surface area contributed by atoms with E-state index in [1.165, 1.54) is 0 Å². The van der Waals surface area contributed by atoms with Gasteiger partial charge in [-0.25, -0.2) is 0 Å². The molecule has 0 saturated heterocycles. The molecule has 5 nitrogen and oxygen atoms in total. The van der Waals surface area contributed by atoms with Gasteiger partial charge in [0.15, 0.2) is 0 Å². The summed E-state index contributed by atoms with van der Waals surface area (Å²) in [5.74, 6) is -0.0567. The van der Waals surface area contributed by atoms with Crippen LogP contribution in [0.3, 0.4) is 0 Å². The summed E-state index contributed by atoms with van der Waals surface area (Å²) in [5.41, 5.74) is 6.97. The van der Waals surface area contributed by atoms with E-state index in [1.54, 1.807) is 13.8 Å². The van der Waals surface area contributed by atoms with E-state index >= 15 is 0 Å². The number of amides is 2. The van der Waals surface area contributed by atoms with Crippen LogP contribution in [-0.4, -0.2) is 28.3 Å². The lowest BCUT2D eigenvalue weighted by atomic mass is 9.96. The third-order valence-electron chi connectivity index (χ3n) is 4.24. The molecule has 1 atom stereocenters. The maximum atomic E-state index is 12.2. The van der Waals surface area contributed by atoms with Crippen LogP contribution < -0.4 is 11.1 Å². The van der Waals surface area contributed by atoms with Gasteiger partial charge in [0, 0.05) is 25.2 Å². The molecule has 1 aliphatic rings. The van der Waals surface area contributed by atoms with Crippen molar-refractivity contribution in [3.63, 3.8) is 0 Å². The van der Waals surface area contributed by atoms with Gasteiger partial charge in [-0.3, -0.25) is 9.59 Å². The lowest BCUT2D eigenvalue weighted by molar-refractivity contribution is -0.130. The Morgan fingerprint density at radius 2 is 1.91 bits per heavy atom. The van der Waals surface area contributed by atoms with Crippen LogP contribution in [0, 0.1) is 0 Å². The Kier molecular flexibility index (Phi) is 5.42. The molecule has 0 bridgehead atoms. The number of carbonyl (C=O) groups excluding carboxylic acids is 2. The molecule has 1 aromatic carbocycles. The number of nitrogens with zero attached hydrogens (tertiary/aromatic N) is 1. The van der Waals surface area contributed by atoms with E-state index in [4.69, 9.17) is 5.73 Å². The van der Waals surface area contributed by atoms with Gasteiger partial charge in [-0.15, -0.1) is 0 Å². The number of nitrogens with one attached hydrogen (secondary N) is 1. The van der Waals surface area contributed by atoms with E-state index in [-0.39, 0.29) is 11.8 Å². The van der Waals surface area contributed by atoms with Gasteiger partial charge in [-0.1, -0.05) is 25.5 Å². The molecule has 126 valence electrons. The Morgan fingerprint density at radius 1 is 1.30 bits per heavy atom. The molecular weight excluding hydrogens is 290 g/mol. The summed E-state index contributed by atoms with van der Waals surface area (Å²) in [6.45, 7) is 6.00. The predicted molar refractivity (Wildman–Crippen MR) is 91.8 cm³/mol. The van der Waals surface area contributed by atoms with Gasteiger partial charge < -0.3 is 16.0 Å². The zero-order valence-electron chi connectivity index (χ0n) is 14.3. The zero-order valence-corrected chi connectivity index (χ0v) is 14.3. The molecular formula is C18H27N3O2. The highest BCUT2D eigenvalue weighted by atomic mass is 16.2. The second-order valence-electron chi connectivity index (χ2n) is 6.70. The monoisotopic (exact) mass is 317 g/mol. The van der Waals surface area contributed by atoms with Crippen LogP contribution in [-0.2, 0) is 16.1 Å². The third kappa shape index (κ3) is 4.79. The number of benzene rings is 1. The van der Waals surface area contributed by atoms with Gasteiger partial charge in [-0.05, 0) is 43.9 Å². The number of nitrogens with two attached hydrogens (primary N) is 1. The molecule has 23 heavy (non-hydrogen) atoms. The SMILES string of the molecule is CCCC(C)(N)C(=O)Nc1ccc(CN(C(C)=O)C2CC2)cc1. The van der Waals surface area contributed by atoms with Gasteiger partial charge in [0.2, 0.25) is 11.8 Å². The molecule has 0 heterocycles. The molecule has 1 unspecified atom stereocenters. The lowest BCUT2D eigenvalue weighted by Crippen LogP contribution is -2.48. The number of carbonyl (C=O) groups is 2. The molecule has 3 N–H and O–H groups in total. The van der Waals surface area contributed by atoms with Crippen LogP contribution >= 0.6 is 0 Å². The molecule has 0 spiro atoms. The number of anilines is 1. The topological polar surface area (TPSA) is 75.4 Å². The zero-order chi connectivity index (χ0) is 17.0. The summed E-state index contributed by atoms with van der Waals surface area (Å²) < 4.78 is 0. The van der Waals surface area contributed by atoms with Crippen molar-refractivity contribution in [1.82, 2.24) is 4.90 Å². The summed E-state index contributed by atoms with van der Waals surface area (Å²) in [6.07, 6.45) is 3.70. The fraction of sp³-hybridized carbons (Fsp3) is 0.556. The summed E-state index contributed by atoms with van der Waals surface area (Å²) >= 11 is 0. The molecule has 2 rings (SSSR count). The largest absolute Gasteiger partial charge is 0.336 e. The number of hydrogen-bond acceptors (Lipinski definition) is 3. The highest BCUT2D eigenvalue weighted by molar-refractivity contribution is 5.97. The Labute approximate surface area is 138 Å². The van der Waals surface area contributed by atoms with Crippen LogP contribution in [0.15, 0.2) is 24.3 Å². The van der Waals surface area contributed by atoms with Crippen molar-refractivity contribution in [2.75, 3.05) is 5.32 Å². The first-order chi connectivity index (χ1) is 10.8. The van der Waals surface area contributed by atoms with Crippen molar-refractivity contribution in [3.8, 4) is 0 Å². The summed E-state index contributed by atoms with van der Waals surface area (Å²) in [7, 11) is 0. The first kappa shape index (κ1) is 17.5. The highest BCUT2D eigenvalue weighted by Gasteiger charge is 2.30. The molecule has 1 fully saturated rings. The van der Waals surface area contributed by atoms with Gasteiger partial charge in [-0.2, -0.15) is 0 Å². The molecule has 1 aliphatic carbocycles. The minimum absolute atomic E-state index is 0.114. The minimum atomic E-state index is -0.856. The smallest absolute Gasteiger partial charge is 0.244 e. The van der Waals surface area contributed by atoms with E-state index in [9.17, 15) is 9.59 Å². The normalized spacial score (nSPS) is 16.5. The van der Waals surface area contributed by atoms with E-state index < -0.39 is 5.54 Å². The fourth-order valence-electron chi connectivity index (χ4n) is 2.68. The summed E-state index contributed by atoms with van der Waals surface area (Å²) in [5, 5.41) is 2.86.